The van der Waals surface area contributed by atoms with Gasteiger partial charge in [-0.3, -0.25) is 0 Å². The fourth-order valence-corrected chi connectivity index (χ4v) is 2.40. The minimum absolute atomic E-state index is 0. The molecule has 1 aliphatic carbocycles. The van der Waals surface area contributed by atoms with Crippen molar-refractivity contribution in [3.8, 4) is 17.2 Å². The molecular weight excluding hydrogens is 441 g/mol. The van der Waals surface area contributed by atoms with Crippen LogP contribution < -0.4 is 20.1 Å². The number of aliphatic imine (C=N–C) groups is 1. The molecule has 1 saturated carbocycles. The molecule has 0 atom stereocenters. The third kappa shape index (κ3) is 6.09. The largest absolute Gasteiger partial charge is 0.493 e. The molecule has 0 amide bonds. The van der Waals surface area contributed by atoms with E-state index in [1.165, 1.54) is 12.8 Å². The van der Waals surface area contributed by atoms with Gasteiger partial charge in [-0.15, -0.1) is 24.0 Å². The summed E-state index contributed by atoms with van der Waals surface area (Å²) in [5.74, 6) is 3.09. The van der Waals surface area contributed by atoms with E-state index in [1.54, 1.807) is 7.11 Å². The topological polar surface area (TPSA) is 54.9 Å². The average Bonchev–Trinajstić information content (AvgIpc) is 3.45. The number of para-hydroxylation sites is 2. The lowest BCUT2D eigenvalue weighted by Gasteiger charge is -2.11. The van der Waals surface area contributed by atoms with Crippen LogP contribution in [0, 0.1) is 0 Å². The van der Waals surface area contributed by atoms with Crippen molar-refractivity contribution in [1.29, 1.82) is 0 Å². The molecule has 0 aromatic heterocycles. The molecule has 140 valence electrons. The Bertz CT molecular complexity index is 715. The van der Waals surface area contributed by atoms with Crippen molar-refractivity contribution in [3.63, 3.8) is 0 Å². The Morgan fingerprint density at radius 1 is 1.08 bits per heavy atom. The molecule has 0 unspecified atom stereocenters. The highest BCUT2D eigenvalue weighted by molar-refractivity contribution is 14.0. The van der Waals surface area contributed by atoms with Gasteiger partial charge in [0, 0.05) is 12.6 Å². The molecule has 3 rings (SSSR count). The molecule has 0 saturated heterocycles. The van der Waals surface area contributed by atoms with Gasteiger partial charge in [0.2, 0.25) is 0 Å². The Balaban J connectivity index is 0.00000243. The van der Waals surface area contributed by atoms with E-state index in [9.17, 15) is 0 Å². The molecule has 0 spiro atoms. The van der Waals surface area contributed by atoms with Gasteiger partial charge in [0.15, 0.2) is 17.5 Å². The van der Waals surface area contributed by atoms with Crippen LogP contribution >= 0.6 is 24.0 Å². The Hall–Kier alpha value is -1.96. The predicted octanol–water partition coefficient (Wildman–Crippen LogP) is 4.32. The van der Waals surface area contributed by atoms with Crippen LogP contribution in [0.3, 0.4) is 0 Å². The zero-order valence-corrected chi connectivity index (χ0v) is 17.5. The van der Waals surface area contributed by atoms with E-state index in [0.29, 0.717) is 18.3 Å². The van der Waals surface area contributed by atoms with Crippen molar-refractivity contribution in [1.82, 2.24) is 10.6 Å². The van der Waals surface area contributed by atoms with E-state index in [2.05, 4.69) is 22.5 Å². The van der Waals surface area contributed by atoms with Gasteiger partial charge in [0.1, 0.15) is 5.75 Å². The van der Waals surface area contributed by atoms with Gasteiger partial charge < -0.3 is 20.1 Å². The van der Waals surface area contributed by atoms with Crippen LogP contribution in [0.15, 0.2) is 53.5 Å². The minimum Gasteiger partial charge on any atom is -0.493 e. The molecule has 0 radical (unpaired) electrons. The van der Waals surface area contributed by atoms with Crippen LogP contribution in [0.5, 0.6) is 17.2 Å². The second-order valence-corrected chi connectivity index (χ2v) is 6.01. The number of methoxy groups -OCH3 is 1. The van der Waals surface area contributed by atoms with Crippen LogP contribution in [0.1, 0.15) is 25.3 Å². The van der Waals surface area contributed by atoms with E-state index in [0.717, 1.165) is 29.6 Å². The number of guanidine groups is 1. The summed E-state index contributed by atoms with van der Waals surface area (Å²) < 4.78 is 11.2. The van der Waals surface area contributed by atoms with Crippen molar-refractivity contribution >= 4 is 29.9 Å². The number of ether oxygens (including phenoxy) is 2. The van der Waals surface area contributed by atoms with Crippen LogP contribution in [0.4, 0.5) is 0 Å². The first kappa shape index (κ1) is 20.4. The molecule has 2 N–H and O–H groups in total. The summed E-state index contributed by atoms with van der Waals surface area (Å²) in [5.41, 5.74) is 1.14. The zero-order chi connectivity index (χ0) is 17.5. The number of hydrogen-bond donors (Lipinski definition) is 2. The van der Waals surface area contributed by atoms with Gasteiger partial charge in [-0.2, -0.15) is 0 Å². The average molecular weight is 467 g/mol. The van der Waals surface area contributed by atoms with Crippen molar-refractivity contribution < 1.29 is 9.47 Å². The fraction of sp³-hybridized carbons (Fsp3) is 0.350. The zero-order valence-electron chi connectivity index (χ0n) is 15.2. The molecule has 0 bridgehead atoms. The summed E-state index contributed by atoms with van der Waals surface area (Å²) in [4.78, 5) is 4.64. The van der Waals surface area contributed by atoms with Crippen LogP contribution in [-0.4, -0.2) is 25.7 Å². The maximum absolute atomic E-state index is 5.89. The normalized spacial score (nSPS) is 13.5. The van der Waals surface area contributed by atoms with Crippen molar-refractivity contribution in [2.24, 2.45) is 4.99 Å². The van der Waals surface area contributed by atoms with E-state index < -0.39 is 0 Å². The van der Waals surface area contributed by atoms with E-state index >= 15 is 0 Å². The highest BCUT2D eigenvalue weighted by Gasteiger charge is 2.21. The van der Waals surface area contributed by atoms with Crippen LogP contribution in [0.2, 0.25) is 0 Å². The molecule has 5 nitrogen and oxygen atoms in total. The number of halogens is 1. The summed E-state index contributed by atoms with van der Waals surface area (Å²) in [5, 5.41) is 6.70. The summed E-state index contributed by atoms with van der Waals surface area (Å²) >= 11 is 0. The van der Waals surface area contributed by atoms with Crippen molar-refractivity contribution in [2.45, 2.75) is 32.4 Å². The van der Waals surface area contributed by atoms with Crippen molar-refractivity contribution in [3.05, 3.63) is 54.1 Å². The van der Waals surface area contributed by atoms with Gasteiger partial charge in [-0.05, 0) is 49.6 Å². The monoisotopic (exact) mass is 467 g/mol. The number of rotatable bonds is 7. The van der Waals surface area contributed by atoms with Gasteiger partial charge in [0.25, 0.3) is 0 Å². The van der Waals surface area contributed by atoms with Crippen LogP contribution in [0.25, 0.3) is 0 Å². The molecule has 2 aromatic carbocycles. The predicted molar refractivity (Wildman–Crippen MR) is 116 cm³/mol. The van der Waals surface area contributed by atoms with Crippen LogP contribution in [-0.2, 0) is 6.54 Å². The first-order chi connectivity index (χ1) is 12.3. The first-order valence-corrected chi connectivity index (χ1v) is 8.73. The number of nitrogens with one attached hydrogen (secondary N) is 2. The summed E-state index contributed by atoms with van der Waals surface area (Å²) in [6.45, 7) is 3.58. The standard InChI is InChI=1S/C20H25N3O2.HI/c1-3-21-20(23-16-10-11-16)22-14-15-8-12-17(13-9-15)25-19-7-5-4-6-18(19)24-2;/h4-9,12-13,16H,3,10-11,14H2,1-2H3,(H2,21,22,23);1H. The first-order valence-electron chi connectivity index (χ1n) is 8.73. The maximum Gasteiger partial charge on any atom is 0.191 e. The fourth-order valence-electron chi connectivity index (χ4n) is 2.40. The lowest BCUT2D eigenvalue weighted by molar-refractivity contribution is 0.379. The van der Waals surface area contributed by atoms with Gasteiger partial charge in [-0.1, -0.05) is 24.3 Å². The minimum atomic E-state index is 0. The Labute approximate surface area is 172 Å². The second-order valence-electron chi connectivity index (χ2n) is 6.01. The molecule has 6 heteroatoms. The summed E-state index contributed by atoms with van der Waals surface area (Å²) in [6, 6.07) is 16.2. The second kappa shape index (κ2) is 10.3. The Morgan fingerprint density at radius 2 is 1.77 bits per heavy atom. The quantitative estimate of drug-likeness (QED) is 0.362. The maximum atomic E-state index is 5.89. The molecule has 1 fully saturated rings. The molecule has 26 heavy (non-hydrogen) atoms. The van der Waals surface area contributed by atoms with Gasteiger partial charge in [0.05, 0.1) is 13.7 Å². The number of benzene rings is 2. The van der Waals surface area contributed by atoms with Gasteiger partial charge >= 0.3 is 0 Å². The van der Waals surface area contributed by atoms with E-state index in [4.69, 9.17) is 9.47 Å². The summed E-state index contributed by atoms with van der Waals surface area (Å²) in [6.07, 6.45) is 2.47. The van der Waals surface area contributed by atoms with E-state index in [-0.39, 0.29) is 24.0 Å². The lowest BCUT2D eigenvalue weighted by atomic mass is 10.2. The number of hydrogen-bond acceptors (Lipinski definition) is 3. The molecule has 0 aliphatic heterocycles. The summed E-state index contributed by atoms with van der Waals surface area (Å²) in [7, 11) is 1.64. The molecule has 0 heterocycles. The molecule has 2 aromatic rings. The number of nitrogens with zero attached hydrogens (tertiary/aromatic N) is 1. The molecule has 1 aliphatic rings. The SMILES string of the molecule is CCNC(=NCc1ccc(Oc2ccccc2OC)cc1)NC1CC1.I. The third-order valence-corrected chi connectivity index (χ3v) is 3.90. The Kier molecular flexibility index (Phi) is 8.03. The van der Waals surface area contributed by atoms with E-state index in [1.807, 2.05) is 48.5 Å². The Morgan fingerprint density at radius 3 is 2.38 bits per heavy atom. The smallest absolute Gasteiger partial charge is 0.191 e. The van der Waals surface area contributed by atoms with Crippen molar-refractivity contribution in [2.75, 3.05) is 13.7 Å². The third-order valence-electron chi connectivity index (χ3n) is 3.90. The molecular formula is C20H26IN3O2. The highest BCUT2D eigenvalue weighted by Crippen LogP contribution is 2.30. The lowest BCUT2D eigenvalue weighted by Crippen LogP contribution is -2.38. The highest BCUT2D eigenvalue weighted by atomic mass is 127. The van der Waals surface area contributed by atoms with Gasteiger partial charge in [-0.25, -0.2) is 4.99 Å².